The van der Waals surface area contributed by atoms with E-state index in [-0.39, 0.29) is 17.0 Å². The molecule has 0 saturated heterocycles. The molecule has 0 unspecified atom stereocenters. The minimum atomic E-state index is -0.588. The molecule has 1 aromatic heterocycles. The van der Waals surface area contributed by atoms with Gasteiger partial charge in [-0.3, -0.25) is 10.1 Å². The van der Waals surface area contributed by atoms with E-state index in [1.807, 2.05) is 6.07 Å². The number of ether oxygens (including phenoxy) is 1. The summed E-state index contributed by atoms with van der Waals surface area (Å²) < 4.78 is 10.6. The van der Waals surface area contributed by atoms with Gasteiger partial charge in [-0.05, 0) is 24.3 Å². The Kier molecular flexibility index (Phi) is 3.49. The fourth-order valence-electron chi connectivity index (χ4n) is 2.04. The van der Waals surface area contributed by atoms with E-state index in [1.165, 1.54) is 24.3 Å². The molecule has 0 radical (unpaired) electrons. The van der Waals surface area contributed by atoms with Gasteiger partial charge in [-0.25, -0.2) is 4.79 Å². The van der Waals surface area contributed by atoms with Crippen LogP contribution in [0, 0.1) is 21.4 Å². The summed E-state index contributed by atoms with van der Waals surface area (Å²) in [6, 6.07) is 13.4. The molecule has 0 N–H and O–H groups in total. The van der Waals surface area contributed by atoms with E-state index in [4.69, 9.17) is 14.4 Å². The number of hydrogen-bond acceptors (Lipinski definition) is 6. The number of rotatable bonds is 3. The Morgan fingerprint density at radius 3 is 2.65 bits per heavy atom. The molecule has 7 heteroatoms. The topological polar surface area (TPSA) is 106 Å². The van der Waals surface area contributed by atoms with E-state index in [9.17, 15) is 14.9 Å². The summed E-state index contributed by atoms with van der Waals surface area (Å²) >= 11 is 0. The maximum Gasteiger partial charge on any atom is 0.336 e. The lowest BCUT2D eigenvalue weighted by Crippen LogP contribution is -1.95. The van der Waals surface area contributed by atoms with Gasteiger partial charge < -0.3 is 9.15 Å². The number of hydrogen-bond donors (Lipinski definition) is 0. The first-order valence-corrected chi connectivity index (χ1v) is 6.47. The van der Waals surface area contributed by atoms with Crippen LogP contribution in [0.1, 0.15) is 5.56 Å². The van der Waals surface area contributed by atoms with Gasteiger partial charge in [0.1, 0.15) is 28.7 Å². The van der Waals surface area contributed by atoms with Gasteiger partial charge in [-0.2, -0.15) is 5.26 Å². The van der Waals surface area contributed by atoms with Crippen LogP contribution in [0.25, 0.3) is 11.0 Å². The molecule has 1 heterocycles. The Morgan fingerprint density at radius 2 is 1.91 bits per heavy atom. The summed E-state index contributed by atoms with van der Waals surface area (Å²) in [5.74, 6) is 0.521. The molecule has 0 aliphatic carbocycles. The second-order valence-electron chi connectivity index (χ2n) is 4.61. The quantitative estimate of drug-likeness (QED) is 0.417. The predicted octanol–water partition coefficient (Wildman–Crippen LogP) is 3.37. The minimum Gasteiger partial charge on any atom is -0.456 e. The van der Waals surface area contributed by atoms with Crippen LogP contribution in [0.15, 0.2) is 57.7 Å². The van der Waals surface area contributed by atoms with Gasteiger partial charge >= 0.3 is 5.63 Å². The lowest BCUT2D eigenvalue weighted by Gasteiger charge is -2.07. The molecule has 0 bridgehead atoms. The van der Waals surface area contributed by atoms with Crippen molar-refractivity contribution in [2.45, 2.75) is 0 Å². The van der Waals surface area contributed by atoms with Crippen molar-refractivity contribution >= 4 is 16.7 Å². The van der Waals surface area contributed by atoms with E-state index >= 15 is 0 Å². The van der Waals surface area contributed by atoms with Crippen molar-refractivity contribution in [1.29, 1.82) is 5.26 Å². The molecular weight excluding hydrogens is 300 g/mol. The molecule has 0 aliphatic heterocycles. The molecule has 3 rings (SSSR count). The third-order valence-corrected chi connectivity index (χ3v) is 3.12. The lowest BCUT2D eigenvalue weighted by atomic mass is 10.2. The van der Waals surface area contributed by atoms with Crippen molar-refractivity contribution in [2.75, 3.05) is 0 Å². The molecule has 2 aromatic carbocycles. The molecule has 0 spiro atoms. The highest BCUT2D eigenvalue weighted by Crippen LogP contribution is 2.29. The number of nitro benzene ring substituents is 1. The third-order valence-electron chi connectivity index (χ3n) is 3.12. The van der Waals surface area contributed by atoms with E-state index in [0.717, 1.165) is 11.5 Å². The van der Waals surface area contributed by atoms with Gasteiger partial charge in [0.2, 0.25) is 0 Å². The number of nitrogens with zero attached hydrogens (tertiary/aromatic N) is 2. The van der Waals surface area contributed by atoms with Gasteiger partial charge in [0.15, 0.2) is 0 Å². The molecule has 3 aromatic rings. The average molecular weight is 308 g/mol. The van der Waals surface area contributed by atoms with E-state index in [2.05, 4.69) is 0 Å². The summed E-state index contributed by atoms with van der Waals surface area (Å²) in [5.41, 5.74) is -0.301. The zero-order chi connectivity index (χ0) is 16.4. The highest BCUT2D eigenvalue weighted by atomic mass is 16.6. The van der Waals surface area contributed by atoms with Crippen molar-refractivity contribution in [3.63, 3.8) is 0 Å². The summed E-state index contributed by atoms with van der Waals surface area (Å²) in [7, 11) is 0. The molecule has 7 nitrogen and oxygen atoms in total. The second-order valence-corrected chi connectivity index (χ2v) is 4.61. The van der Waals surface area contributed by atoms with Gasteiger partial charge in [-0.1, -0.05) is 0 Å². The lowest BCUT2D eigenvalue weighted by molar-refractivity contribution is -0.384. The zero-order valence-corrected chi connectivity index (χ0v) is 11.6. The smallest absolute Gasteiger partial charge is 0.336 e. The molecular formula is C16H8N2O5. The monoisotopic (exact) mass is 308 g/mol. The number of nitriles is 1. The standard InChI is InChI=1S/C16H8N2O5/c17-9-11-7-12(18(20)21)3-5-14(11)22-13-4-1-10-2-6-16(19)23-15(10)8-13/h1-8H. The first kappa shape index (κ1) is 14.3. The molecule has 112 valence electrons. The molecule has 23 heavy (non-hydrogen) atoms. The van der Waals surface area contributed by atoms with Crippen LogP contribution < -0.4 is 10.4 Å². The first-order valence-electron chi connectivity index (χ1n) is 6.47. The minimum absolute atomic E-state index is 0.0359. The van der Waals surface area contributed by atoms with Crippen LogP contribution in [0.2, 0.25) is 0 Å². The summed E-state index contributed by atoms with van der Waals surface area (Å²) in [5, 5.41) is 20.6. The SMILES string of the molecule is N#Cc1cc([N+](=O)[O-])ccc1Oc1ccc2ccc(=O)oc2c1. The predicted molar refractivity (Wildman–Crippen MR) is 80.4 cm³/mol. The summed E-state index contributed by atoms with van der Waals surface area (Å²) in [6.45, 7) is 0. The van der Waals surface area contributed by atoms with Crippen LogP contribution in [0.4, 0.5) is 5.69 Å². The number of benzene rings is 2. The Morgan fingerprint density at radius 1 is 1.13 bits per heavy atom. The Labute approximate surface area is 129 Å². The molecule has 0 fully saturated rings. The van der Waals surface area contributed by atoms with Crippen LogP contribution in [0.5, 0.6) is 11.5 Å². The van der Waals surface area contributed by atoms with Crippen molar-refractivity contribution in [3.05, 3.63) is 74.6 Å². The number of fused-ring (bicyclic) bond motifs is 1. The fourth-order valence-corrected chi connectivity index (χ4v) is 2.04. The summed E-state index contributed by atoms with van der Waals surface area (Å²) in [4.78, 5) is 21.4. The van der Waals surface area contributed by atoms with Crippen LogP contribution in [-0.2, 0) is 0 Å². The van der Waals surface area contributed by atoms with Crippen LogP contribution in [-0.4, -0.2) is 4.92 Å². The van der Waals surface area contributed by atoms with Crippen LogP contribution >= 0.6 is 0 Å². The van der Waals surface area contributed by atoms with Gasteiger partial charge in [-0.15, -0.1) is 0 Å². The number of nitro groups is 1. The van der Waals surface area contributed by atoms with E-state index in [0.29, 0.717) is 11.3 Å². The Bertz CT molecular complexity index is 1020. The molecule has 0 atom stereocenters. The maximum absolute atomic E-state index is 11.2. The highest BCUT2D eigenvalue weighted by Gasteiger charge is 2.12. The van der Waals surface area contributed by atoms with Crippen molar-refractivity contribution < 1.29 is 14.1 Å². The maximum atomic E-state index is 11.2. The second kappa shape index (κ2) is 5.61. The van der Waals surface area contributed by atoms with E-state index in [1.54, 1.807) is 18.2 Å². The normalized spacial score (nSPS) is 10.2. The molecule has 0 amide bonds. The Hall–Kier alpha value is -3.66. The van der Waals surface area contributed by atoms with Crippen molar-refractivity contribution in [2.24, 2.45) is 0 Å². The third kappa shape index (κ3) is 2.87. The fraction of sp³-hybridized carbons (Fsp3) is 0. The van der Waals surface area contributed by atoms with E-state index < -0.39 is 10.5 Å². The van der Waals surface area contributed by atoms with Crippen LogP contribution in [0.3, 0.4) is 0 Å². The Balaban J connectivity index is 2.00. The zero-order valence-electron chi connectivity index (χ0n) is 11.6. The average Bonchev–Trinajstić information content (AvgIpc) is 2.54. The first-order chi connectivity index (χ1) is 11.1. The molecule has 0 saturated carbocycles. The van der Waals surface area contributed by atoms with Gasteiger partial charge in [0, 0.05) is 29.7 Å². The van der Waals surface area contributed by atoms with Gasteiger partial charge in [0.25, 0.3) is 5.69 Å². The van der Waals surface area contributed by atoms with Crippen molar-refractivity contribution in [1.82, 2.24) is 0 Å². The molecule has 0 aliphatic rings. The van der Waals surface area contributed by atoms with Crippen molar-refractivity contribution in [3.8, 4) is 17.6 Å². The number of non-ortho nitro benzene ring substituents is 1. The van der Waals surface area contributed by atoms with Gasteiger partial charge in [0.05, 0.1) is 4.92 Å². The largest absolute Gasteiger partial charge is 0.456 e. The summed E-state index contributed by atoms with van der Waals surface area (Å²) in [6.07, 6.45) is 0. The highest BCUT2D eigenvalue weighted by molar-refractivity contribution is 5.77.